The zero-order valence-corrected chi connectivity index (χ0v) is 8.31. The molecule has 0 saturated heterocycles. The number of rotatable bonds is 1. The van der Waals surface area contributed by atoms with E-state index in [0.29, 0.717) is 0 Å². The van der Waals surface area contributed by atoms with E-state index in [0.717, 1.165) is 5.54 Å². The molecule has 1 aliphatic rings. The summed E-state index contributed by atoms with van der Waals surface area (Å²) in [5.41, 5.74) is 3.29. The van der Waals surface area contributed by atoms with Gasteiger partial charge in [0.25, 0.3) is 0 Å². The third kappa shape index (κ3) is 0.987. The molecular weight excluding hydrogens is 136 g/mol. The summed E-state index contributed by atoms with van der Waals surface area (Å²) >= 11 is 0. The molecule has 56 valence electrons. The fourth-order valence-electron chi connectivity index (χ4n) is 1.35. The van der Waals surface area contributed by atoms with Crippen molar-refractivity contribution in [1.82, 2.24) is 0 Å². The van der Waals surface area contributed by atoms with Crippen LogP contribution in [0, 0.1) is 0 Å². The van der Waals surface area contributed by atoms with Gasteiger partial charge in [0.1, 0.15) is 8.07 Å². The first kappa shape index (κ1) is 7.80. The molecule has 0 nitrogen and oxygen atoms in total. The first-order valence-corrected chi connectivity index (χ1v) is 6.59. The van der Waals surface area contributed by atoms with Gasteiger partial charge in [0, 0.05) is 0 Å². The number of hydrogen-bond donors (Lipinski definition) is 0. The third-order valence-electron chi connectivity index (χ3n) is 2.84. The molecule has 0 radical (unpaired) electrons. The lowest BCUT2D eigenvalue weighted by Gasteiger charge is -2.26. The molecule has 1 heteroatoms. The fraction of sp³-hybridized carbons (Fsp3) is 0.556. The molecule has 0 spiro atoms. The van der Waals surface area contributed by atoms with Gasteiger partial charge in [-0.1, -0.05) is 43.4 Å². The summed E-state index contributed by atoms with van der Waals surface area (Å²) < 4.78 is 0. The predicted octanol–water partition coefficient (Wildman–Crippen LogP) is 3.07. The van der Waals surface area contributed by atoms with Crippen LogP contribution >= 0.6 is 0 Å². The highest BCUT2D eigenvalue weighted by atomic mass is 28.3. The molecule has 0 aliphatic carbocycles. The lowest BCUT2D eigenvalue weighted by atomic mass is 10.5. The van der Waals surface area contributed by atoms with Crippen molar-refractivity contribution >= 4 is 8.07 Å². The highest BCUT2D eigenvalue weighted by Crippen LogP contribution is 2.32. The van der Waals surface area contributed by atoms with E-state index in [4.69, 9.17) is 0 Å². The predicted molar refractivity (Wildman–Crippen MR) is 49.6 cm³/mol. The largest absolute Gasteiger partial charge is 0.104 e. The lowest BCUT2D eigenvalue weighted by molar-refractivity contribution is 1.02. The van der Waals surface area contributed by atoms with Gasteiger partial charge >= 0.3 is 0 Å². The molecule has 1 aliphatic heterocycles. The standard InChI is InChI=1S/C9H16Si/c1-8(2)10(4)7-5-6-9(10)3/h5-8H,1-4H3. The molecule has 1 unspecified atom stereocenters. The molecule has 0 aromatic heterocycles. The van der Waals surface area contributed by atoms with Crippen LogP contribution in [0.2, 0.25) is 12.1 Å². The molecule has 0 bridgehead atoms. The summed E-state index contributed by atoms with van der Waals surface area (Å²) in [6.07, 6.45) is 4.49. The molecule has 10 heavy (non-hydrogen) atoms. The topological polar surface area (TPSA) is 0 Å². The molecule has 0 fully saturated rings. The van der Waals surface area contributed by atoms with Gasteiger partial charge in [0.2, 0.25) is 0 Å². The second-order valence-corrected chi connectivity index (χ2v) is 8.49. The summed E-state index contributed by atoms with van der Waals surface area (Å²) in [5, 5.41) is 1.63. The smallest absolute Gasteiger partial charge is 0.0902 e. The Bertz CT molecular complexity index is 189. The van der Waals surface area contributed by atoms with Crippen molar-refractivity contribution in [2.24, 2.45) is 0 Å². The quantitative estimate of drug-likeness (QED) is 0.507. The maximum Gasteiger partial charge on any atom is 0.104 e. The van der Waals surface area contributed by atoms with Crippen LogP contribution in [0.15, 0.2) is 23.0 Å². The lowest BCUT2D eigenvalue weighted by Crippen LogP contribution is -2.31. The van der Waals surface area contributed by atoms with Gasteiger partial charge in [-0.3, -0.25) is 0 Å². The van der Waals surface area contributed by atoms with Crippen molar-refractivity contribution in [2.75, 3.05) is 0 Å². The molecule has 1 atom stereocenters. The van der Waals surface area contributed by atoms with Gasteiger partial charge in [-0.2, -0.15) is 0 Å². The molecule has 0 aromatic rings. The van der Waals surface area contributed by atoms with Gasteiger partial charge in [-0.25, -0.2) is 0 Å². The molecule has 0 saturated carbocycles. The SMILES string of the molecule is CC1=CC=C[Si]1(C)C(C)C. The van der Waals surface area contributed by atoms with Crippen LogP contribution in [0.1, 0.15) is 20.8 Å². The van der Waals surface area contributed by atoms with E-state index in [1.807, 2.05) is 0 Å². The molecular formula is C9H16Si. The minimum absolute atomic E-state index is 0.850. The number of hydrogen-bond acceptors (Lipinski definition) is 0. The molecule has 1 rings (SSSR count). The van der Waals surface area contributed by atoms with E-state index in [1.54, 1.807) is 5.20 Å². The molecule has 0 N–H and O–H groups in total. The first-order chi connectivity index (χ1) is 4.57. The Kier molecular flexibility index (Phi) is 1.86. The maximum atomic E-state index is 2.44. The highest BCUT2D eigenvalue weighted by Gasteiger charge is 2.31. The van der Waals surface area contributed by atoms with Crippen molar-refractivity contribution in [2.45, 2.75) is 32.9 Å². The van der Waals surface area contributed by atoms with Crippen LogP contribution in [0.25, 0.3) is 0 Å². The Labute approximate surface area is 64.7 Å². The van der Waals surface area contributed by atoms with E-state index in [-0.39, 0.29) is 0 Å². The maximum absolute atomic E-state index is 2.44. The van der Waals surface area contributed by atoms with Crippen LogP contribution in [-0.4, -0.2) is 8.07 Å². The Morgan fingerprint density at radius 2 is 2.00 bits per heavy atom. The Balaban J connectivity index is 2.89. The average Bonchev–Trinajstić information content (AvgIpc) is 2.15. The summed E-state index contributed by atoms with van der Waals surface area (Å²) in [7, 11) is -1.09. The van der Waals surface area contributed by atoms with Gasteiger partial charge < -0.3 is 0 Å². The van der Waals surface area contributed by atoms with Crippen molar-refractivity contribution in [3.05, 3.63) is 23.0 Å². The highest BCUT2D eigenvalue weighted by molar-refractivity contribution is 6.91. The van der Waals surface area contributed by atoms with E-state index in [2.05, 4.69) is 45.2 Å². The summed E-state index contributed by atoms with van der Waals surface area (Å²) in [6, 6.07) is 0. The Morgan fingerprint density at radius 1 is 1.40 bits per heavy atom. The van der Waals surface area contributed by atoms with Crippen LogP contribution in [-0.2, 0) is 0 Å². The number of allylic oxidation sites excluding steroid dienone is 3. The van der Waals surface area contributed by atoms with Gasteiger partial charge in [-0.05, 0) is 12.5 Å². The minimum Gasteiger partial charge on any atom is -0.0902 e. The van der Waals surface area contributed by atoms with Crippen molar-refractivity contribution in [3.63, 3.8) is 0 Å². The van der Waals surface area contributed by atoms with Crippen LogP contribution in [0.4, 0.5) is 0 Å². The van der Waals surface area contributed by atoms with E-state index in [9.17, 15) is 0 Å². The van der Waals surface area contributed by atoms with Gasteiger partial charge in [0.15, 0.2) is 0 Å². The Hall–Kier alpha value is -0.303. The van der Waals surface area contributed by atoms with E-state index in [1.165, 1.54) is 0 Å². The third-order valence-corrected chi connectivity index (χ3v) is 7.99. The summed E-state index contributed by atoms with van der Waals surface area (Å²) in [5.74, 6) is 0. The van der Waals surface area contributed by atoms with Gasteiger partial charge in [-0.15, -0.1) is 0 Å². The van der Waals surface area contributed by atoms with Crippen LogP contribution < -0.4 is 0 Å². The normalized spacial score (nSPS) is 31.5. The van der Waals surface area contributed by atoms with E-state index >= 15 is 0 Å². The Morgan fingerprint density at radius 3 is 2.20 bits per heavy atom. The minimum atomic E-state index is -1.09. The molecule has 0 amide bonds. The van der Waals surface area contributed by atoms with Crippen molar-refractivity contribution in [3.8, 4) is 0 Å². The second kappa shape index (κ2) is 2.39. The molecule has 0 aromatic carbocycles. The zero-order valence-electron chi connectivity index (χ0n) is 7.31. The molecule has 1 heterocycles. The average molecular weight is 152 g/mol. The van der Waals surface area contributed by atoms with Crippen LogP contribution in [0.3, 0.4) is 0 Å². The summed E-state index contributed by atoms with van der Waals surface area (Å²) in [6.45, 7) is 9.37. The van der Waals surface area contributed by atoms with E-state index < -0.39 is 8.07 Å². The zero-order chi connectivity index (χ0) is 7.78. The second-order valence-electron chi connectivity index (χ2n) is 3.65. The first-order valence-electron chi connectivity index (χ1n) is 3.94. The van der Waals surface area contributed by atoms with Crippen LogP contribution in [0.5, 0.6) is 0 Å². The van der Waals surface area contributed by atoms with Crippen molar-refractivity contribution in [1.29, 1.82) is 0 Å². The summed E-state index contributed by atoms with van der Waals surface area (Å²) in [4.78, 5) is 0. The van der Waals surface area contributed by atoms with Crippen molar-refractivity contribution < 1.29 is 0 Å². The van der Waals surface area contributed by atoms with Gasteiger partial charge in [0.05, 0.1) is 0 Å². The fourth-order valence-corrected chi connectivity index (χ4v) is 3.86. The monoisotopic (exact) mass is 152 g/mol.